The van der Waals surface area contributed by atoms with Gasteiger partial charge in [-0.25, -0.2) is 0 Å². The highest BCUT2D eigenvalue weighted by Crippen LogP contribution is 2.42. The Morgan fingerprint density at radius 3 is 2.54 bits per heavy atom. The largest absolute Gasteiger partial charge is 0.416 e. The molecule has 4 rings (SSSR count). The summed E-state index contributed by atoms with van der Waals surface area (Å²) < 4.78 is 152. The minimum Gasteiger partial charge on any atom is -0.391 e. The van der Waals surface area contributed by atoms with E-state index < -0.39 is 73.8 Å². The predicted molar refractivity (Wildman–Crippen MR) is 135 cm³/mol. The van der Waals surface area contributed by atoms with Gasteiger partial charge in [0.05, 0.1) is 11.3 Å². The van der Waals surface area contributed by atoms with Gasteiger partial charge in [-0.15, -0.1) is 0 Å². The van der Waals surface area contributed by atoms with Gasteiger partial charge in [0.25, 0.3) is 0 Å². The molecule has 0 N–H and O–H groups in total. The third kappa shape index (κ3) is 6.46. The van der Waals surface area contributed by atoms with Gasteiger partial charge >= 0.3 is 6.18 Å². The molecule has 1 heterocycles. The fourth-order valence-electron chi connectivity index (χ4n) is 3.90. The van der Waals surface area contributed by atoms with E-state index in [2.05, 4.69) is 10.1 Å². The summed E-state index contributed by atoms with van der Waals surface area (Å²) in [5.74, 6) is -7.00. The highest BCUT2D eigenvalue weighted by atomic mass is 19.4. The summed E-state index contributed by atoms with van der Waals surface area (Å²) in [6.07, 6.45) is -18.7. The van der Waals surface area contributed by atoms with Crippen LogP contribution in [-0.2, 0) is 30.6 Å². The van der Waals surface area contributed by atoms with Crippen LogP contribution in [0, 0.1) is 5.89 Å². The smallest absolute Gasteiger partial charge is 0.391 e. The molecule has 2 aliphatic rings. The van der Waals surface area contributed by atoms with Gasteiger partial charge in [0, 0.05) is 24.4 Å². The van der Waals surface area contributed by atoms with Crippen LogP contribution in [0.5, 0.6) is 0 Å². The quantitative estimate of drug-likeness (QED) is 0.274. The van der Waals surface area contributed by atoms with Crippen molar-refractivity contribution in [3.63, 3.8) is 0 Å². The highest BCUT2D eigenvalue weighted by molar-refractivity contribution is 5.98. The van der Waals surface area contributed by atoms with Crippen LogP contribution < -0.4 is 0 Å². The molecule has 0 atom stereocenters. The van der Waals surface area contributed by atoms with Crippen molar-refractivity contribution < 1.29 is 35.8 Å². The van der Waals surface area contributed by atoms with Gasteiger partial charge in [-0.05, 0) is 97.3 Å². The first-order valence-electron chi connectivity index (χ1n) is 18.0. The number of hydrogen-bond acceptors (Lipinski definition) is 3. The number of benzene rings is 2. The Bertz CT molecular complexity index is 1540. The molecule has 0 bridgehead atoms. The number of aryl methyl sites for hydroxylation is 1. The van der Waals surface area contributed by atoms with E-state index in [1.165, 1.54) is 0 Å². The van der Waals surface area contributed by atoms with Crippen LogP contribution in [0.4, 0.5) is 13.2 Å². The monoisotopic (exact) mass is 499 g/mol. The standard InChI is InChI=1S/C29H37F3N2O/c1-4-23-17-25(11-12-26(23)18-34-14-5-15-34)21(3)33-35-19-22-8-13-27(28(16-22)29(30,31)32)24-9-6-20(2)7-10-24/h8,11-13,16-17,20,24H,4-7,9-10,14-15,18-19H2,1-3H3/b33-21+/i3D3,6D2,7D2,9D2,10D2,20D,24D. The summed E-state index contributed by atoms with van der Waals surface area (Å²) in [6.45, 7) is 1.66. The van der Waals surface area contributed by atoms with Gasteiger partial charge in [0.1, 0.15) is 6.61 Å². The molecule has 0 aromatic heterocycles. The number of rotatable bonds is 8. The van der Waals surface area contributed by atoms with E-state index in [9.17, 15) is 13.2 Å². The molecule has 190 valence electrons. The number of likely N-dealkylation sites (tertiary alicyclic amines) is 1. The molecule has 2 fully saturated rings. The molecule has 35 heavy (non-hydrogen) atoms. The summed E-state index contributed by atoms with van der Waals surface area (Å²) in [5, 5.41) is 3.76. The second kappa shape index (κ2) is 11.2. The van der Waals surface area contributed by atoms with Gasteiger partial charge in [-0.2, -0.15) is 13.2 Å². The van der Waals surface area contributed by atoms with Gasteiger partial charge in [-0.1, -0.05) is 56.0 Å². The average Bonchev–Trinajstić information content (AvgIpc) is 2.94. The highest BCUT2D eigenvalue weighted by Gasteiger charge is 2.36. The second-order valence-corrected chi connectivity index (χ2v) is 8.56. The topological polar surface area (TPSA) is 24.8 Å². The Labute approximate surface area is 225 Å². The SMILES string of the molecule is [2H]C([2H])([2H])/C(=N\OCc1ccc(C2([2H])C([2H])([2H])C([2H])([2H])C([2H])(C)C([2H])([2H])C2([2H])[2H])c(C(F)(F)F)c1)c1ccc(CN2CCC2)c(CC)c1. The van der Waals surface area contributed by atoms with E-state index in [0.717, 1.165) is 36.7 Å². The van der Waals surface area contributed by atoms with Gasteiger partial charge in [-0.3, -0.25) is 4.90 Å². The van der Waals surface area contributed by atoms with Crippen molar-refractivity contribution in [1.82, 2.24) is 4.90 Å². The zero-order valence-corrected chi connectivity index (χ0v) is 19.6. The number of alkyl halides is 3. The molecule has 1 saturated heterocycles. The Morgan fingerprint density at radius 1 is 1.14 bits per heavy atom. The van der Waals surface area contributed by atoms with Gasteiger partial charge in [0.2, 0.25) is 0 Å². The van der Waals surface area contributed by atoms with Gasteiger partial charge in [0.15, 0.2) is 0 Å². The minimum absolute atomic E-state index is 0.230. The van der Waals surface area contributed by atoms with Crippen LogP contribution in [0.3, 0.4) is 0 Å². The maximum atomic E-state index is 14.5. The van der Waals surface area contributed by atoms with Crippen LogP contribution in [0.15, 0.2) is 41.6 Å². The van der Waals surface area contributed by atoms with Gasteiger partial charge < -0.3 is 4.84 Å². The molecule has 6 heteroatoms. The van der Waals surface area contributed by atoms with Crippen molar-refractivity contribution in [2.75, 3.05) is 13.1 Å². The Hall–Kier alpha value is -2.34. The zero-order chi connectivity index (χ0) is 36.5. The van der Waals surface area contributed by atoms with Crippen molar-refractivity contribution in [2.24, 2.45) is 11.0 Å². The lowest BCUT2D eigenvalue weighted by atomic mass is 9.78. The molecule has 0 amide bonds. The van der Waals surface area contributed by atoms with Crippen molar-refractivity contribution in [3.05, 3.63) is 69.8 Å². The molecule has 2 aromatic rings. The first-order chi connectivity index (χ1) is 21.7. The minimum atomic E-state index is -5.37. The Morgan fingerprint density at radius 2 is 1.91 bits per heavy atom. The average molecular weight is 500 g/mol. The summed E-state index contributed by atoms with van der Waals surface area (Å²) in [5.41, 5.74) is -1.71. The van der Waals surface area contributed by atoms with E-state index >= 15 is 0 Å². The molecule has 0 radical (unpaired) electrons. The lowest BCUT2D eigenvalue weighted by molar-refractivity contribution is -0.138. The maximum Gasteiger partial charge on any atom is 0.416 e. The molecule has 1 aliphatic carbocycles. The first-order valence-corrected chi connectivity index (χ1v) is 11.5. The fourth-order valence-corrected chi connectivity index (χ4v) is 3.90. The van der Waals surface area contributed by atoms with Crippen molar-refractivity contribution >= 4 is 5.71 Å². The molecular formula is C29H37F3N2O. The van der Waals surface area contributed by atoms with E-state index in [4.69, 9.17) is 22.7 Å². The summed E-state index contributed by atoms with van der Waals surface area (Å²) >= 11 is 0. The first kappa shape index (κ1) is 13.8. The third-order valence-electron chi connectivity index (χ3n) is 6.00. The van der Waals surface area contributed by atoms with E-state index in [1.54, 1.807) is 18.2 Å². The molecule has 0 unspecified atom stereocenters. The summed E-state index contributed by atoms with van der Waals surface area (Å²) in [6, 6.07) is 6.97. The molecule has 3 nitrogen and oxygen atoms in total. The van der Waals surface area contributed by atoms with E-state index in [0.29, 0.717) is 32.0 Å². The maximum absolute atomic E-state index is 14.5. The zero-order valence-electron chi connectivity index (χ0n) is 32.6. The molecule has 0 spiro atoms. The Kier molecular flexibility index (Phi) is 4.41. The number of hydrogen-bond donors (Lipinski definition) is 0. The molecule has 1 aliphatic heterocycles. The number of nitrogens with zero attached hydrogens (tertiary/aromatic N) is 2. The van der Waals surface area contributed by atoms with E-state index in [-0.39, 0.29) is 11.1 Å². The van der Waals surface area contributed by atoms with E-state index in [1.807, 2.05) is 6.92 Å². The van der Waals surface area contributed by atoms with Crippen LogP contribution in [0.25, 0.3) is 0 Å². The summed E-state index contributed by atoms with van der Waals surface area (Å²) in [7, 11) is 0. The lowest BCUT2D eigenvalue weighted by Crippen LogP contribution is -2.36. The molecule has 1 saturated carbocycles. The lowest BCUT2D eigenvalue weighted by Gasteiger charge is -2.31. The van der Waals surface area contributed by atoms with Crippen molar-refractivity contribution in [1.29, 1.82) is 0 Å². The predicted octanol–water partition coefficient (Wildman–Crippen LogP) is 7.71. The Balaban J connectivity index is 1.74. The van der Waals surface area contributed by atoms with Crippen molar-refractivity contribution in [2.45, 2.75) is 84.3 Å². The number of oxime groups is 1. The molecular weight excluding hydrogens is 449 g/mol. The van der Waals surface area contributed by atoms with Crippen LogP contribution in [0.2, 0.25) is 0 Å². The third-order valence-corrected chi connectivity index (χ3v) is 6.00. The van der Waals surface area contributed by atoms with Crippen molar-refractivity contribution in [3.8, 4) is 0 Å². The van der Waals surface area contributed by atoms with Crippen LogP contribution in [-0.4, -0.2) is 23.7 Å². The van der Waals surface area contributed by atoms with Crippen LogP contribution >= 0.6 is 0 Å². The number of halogens is 3. The summed E-state index contributed by atoms with van der Waals surface area (Å²) in [4.78, 5) is 7.47. The molecule has 2 aromatic carbocycles. The normalized spacial score (nSPS) is 37.4. The fraction of sp³-hybridized carbons (Fsp3) is 0.552. The van der Waals surface area contributed by atoms with Crippen LogP contribution in [0.1, 0.15) is 110 Å². The second-order valence-electron chi connectivity index (χ2n) is 8.56.